The minimum atomic E-state index is -0.871. The third kappa shape index (κ3) is 9.15. The third-order valence-electron chi connectivity index (χ3n) is 6.69. The van der Waals surface area contributed by atoms with E-state index in [9.17, 15) is 14.4 Å². The Morgan fingerprint density at radius 2 is 1.70 bits per heavy atom. The number of benzene rings is 3. The summed E-state index contributed by atoms with van der Waals surface area (Å²) in [6.07, 6.45) is 6.01. The SMILES string of the molecule is CCCCCCCNC(=O)N(C)c1cccc(-c2ccc(CCC(=O)O)cc2OCc2cccc(C(N)=O)c2)c1. The van der Waals surface area contributed by atoms with Crippen molar-refractivity contribution in [3.63, 3.8) is 0 Å². The van der Waals surface area contributed by atoms with E-state index in [0.29, 0.717) is 24.3 Å². The Morgan fingerprint density at radius 1 is 0.925 bits per heavy atom. The van der Waals surface area contributed by atoms with Crippen LogP contribution >= 0.6 is 0 Å². The van der Waals surface area contributed by atoms with Gasteiger partial charge in [0.2, 0.25) is 5.91 Å². The van der Waals surface area contributed by atoms with E-state index in [4.69, 9.17) is 15.6 Å². The largest absolute Gasteiger partial charge is 0.488 e. The fourth-order valence-electron chi connectivity index (χ4n) is 4.35. The fourth-order valence-corrected chi connectivity index (χ4v) is 4.35. The van der Waals surface area contributed by atoms with Crippen LogP contribution in [0.4, 0.5) is 10.5 Å². The van der Waals surface area contributed by atoms with Crippen molar-refractivity contribution in [2.75, 3.05) is 18.5 Å². The van der Waals surface area contributed by atoms with Crippen molar-refractivity contribution in [3.05, 3.63) is 83.4 Å². The average molecular weight is 546 g/mol. The summed E-state index contributed by atoms with van der Waals surface area (Å²) >= 11 is 0. The van der Waals surface area contributed by atoms with Gasteiger partial charge in [0, 0.05) is 36.8 Å². The number of hydrogen-bond donors (Lipinski definition) is 3. The molecule has 0 bridgehead atoms. The first-order chi connectivity index (χ1) is 19.3. The molecule has 3 aromatic carbocycles. The van der Waals surface area contributed by atoms with E-state index in [1.807, 2.05) is 48.5 Å². The molecule has 0 fully saturated rings. The third-order valence-corrected chi connectivity index (χ3v) is 6.69. The Hall–Kier alpha value is -4.33. The number of anilines is 1. The average Bonchev–Trinajstić information content (AvgIpc) is 2.96. The van der Waals surface area contributed by atoms with Crippen LogP contribution in [0.3, 0.4) is 0 Å². The molecule has 0 aromatic heterocycles. The van der Waals surface area contributed by atoms with Crippen molar-refractivity contribution in [1.29, 1.82) is 0 Å². The first-order valence-corrected chi connectivity index (χ1v) is 13.8. The van der Waals surface area contributed by atoms with Gasteiger partial charge in [0.1, 0.15) is 12.4 Å². The molecule has 3 amide bonds. The number of rotatable bonds is 15. The van der Waals surface area contributed by atoms with Crippen LogP contribution in [0.5, 0.6) is 5.75 Å². The maximum absolute atomic E-state index is 12.8. The van der Waals surface area contributed by atoms with Crippen LogP contribution in [0.25, 0.3) is 11.1 Å². The highest BCUT2D eigenvalue weighted by Crippen LogP contribution is 2.34. The lowest BCUT2D eigenvalue weighted by molar-refractivity contribution is -0.136. The van der Waals surface area contributed by atoms with Crippen LogP contribution in [0.2, 0.25) is 0 Å². The lowest BCUT2D eigenvalue weighted by atomic mass is 10.00. The highest BCUT2D eigenvalue weighted by molar-refractivity contribution is 5.93. The van der Waals surface area contributed by atoms with Crippen LogP contribution in [0, 0.1) is 0 Å². The van der Waals surface area contributed by atoms with Gasteiger partial charge >= 0.3 is 12.0 Å². The summed E-state index contributed by atoms with van der Waals surface area (Å²) in [6, 6.07) is 20.0. The van der Waals surface area contributed by atoms with E-state index in [0.717, 1.165) is 40.8 Å². The molecule has 8 nitrogen and oxygen atoms in total. The summed E-state index contributed by atoms with van der Waals surface area (Å²) in [5.74, 6) is -0.812. The number of aliphatic carboxylic acids is 1. The van der Waals surface area contributed by atoms with Gasteiger partial charge < -0.3 is 20.9 Å². The lowest BCUT2D eigenvalue weighted by Crippen LogP contribution is -2.37. The summed E-state index contributed by atoms with van der Waals surface area (Å²) in [5, 5.41) is 12.1. The van der Waals surface area contributed by atoms with Crippen molar-refractivity contribution in [1.82, 2.24) is 5.32 Å². The van der Waals surface area contributed by atoms with Gasteiger partial charge in [0.25, 0.3) is 0 Å². The van der Waals surface area contributed by atoms with Crippen LogP contribution in [-0.2, 0) is 17.8 Å². The second-order valence-electron chi connectivity index (χ2n) is 9.83. The molecule has 0 aliphatic heterocycles. The number of carboxylic acid groups (broad SMARTS) is 1. The highest BCUT2D eigenvalue weighted by atomic mass is 16.5. The summed E-state index contributed by atoms with van der Waals surface area (Å²) in [4.78, 5) is 37.1. The van der Waals surface area contributed by atoms with Crippen molar-refractivity contribution in [2.45, 2.75) is 58.5 Å². The maximum atomic E-state index is 12.8. The molecule has 0 spiro atoms. The highest BCUT2D eigenvalue weighted by Gasteiger charge is 2.14. The number of carboxylic acids is 1. The van der Waals surface area contributed by atoms with Crippen molar-refractivity contribution in [2.24, 2.45) is 5.73 Å². The zero-order valence-electron chi connectivity index (χ0n) is 23.3. The van der Waals surface area contributed by atoms with Crippen molar-refractivity contribution >= 4 is 23.6 Å². The summed E-state index contributed by atoms with van der Waals surface area (Å²) < 4.78 is 6.21. The Labute approximate surface area is 236 Å². The minimum absolute atomic E-state index is 0.00738. The number of urea groups is 1. The number of carbonyl (C=O) groups excluding carboxylic acids is 2. The Bertz CT molecular complexity index is 1310. The Kier molecular flexibility index (Phi) is 11.6. The minimum Gasteiger partial charge on any atom is -0.488 e. The molecule has 8 heteroatoms. The number of carbonyl (C=O) groups is 3. The molecule has 0 aliphatic carbocycles. The van der Waals surface area contributed by atoms with Gasteiger partial charge in [0.05, 0.1) is 0 Å². The fraction of sp³-hybridized carbons (Fsp3) is 0.344. The van der Waals surface area contributed by atoms with Crippen molar-refractivity contribution in [3.8, 4) is 16.9 Å². The van der Waals surface area contributed by atoms with Crippen LogP contribution in [0.1, 0.15) is 66.9 Å². The molecule has 0 heterocycles. The molecule has 3 rings (SSSR count). The second kappa shape index (κ2) is 15.3. The maximum Gasteiger partial charge on any atom is 0.321 e. The molecule has 40 heavy (non-hydrogen) atoms. The monoisotopic (exact) mass is 545 g/mol. The normalized spacial score (nSPS) is 10.7. The topological polar surface area (TPSA) is 122 Å². The molecule has 4 N–H and O–H groups in total. The number of ether oxygens (including phenoxy) is 1. The molecule has 0 saturated heterocycles. The van der Waals surface area contributed by atoms with Gasteiger partial charge in [-0.1, -0.05) is 69.0 Å². The first kappa shape index (κ1) is 30.2. The number of nitrogens with two attached hydrogens (primary N) is 1. The van der Waals surface area contributed by atoms with Crippen LogP contribution in [0.15, 0.2) is 66.7 Å². The molecule has 212 valence electrons. The number of nitrogens with one attached hydrogen (secondary N) is 1. The Morgan fingerprint density at radius 3 is 2.45 bits per heavy atom. The number of aryl methyl sites for hydroxylation is 1. The number of primary amides is 1. The van der Waals surface area contributed by atoms with Crippen LogP contribution in [-0.4, -0.2) is 36.6 Å². The van der Waals surface area contributed by atoms with E-state index in [2.05, 4.69) is 12.2 Å². The summed E-state index contributed by atoms with van der Waals surface area (Å²) in [7, 11) is 1.74. The van der Waals surface area contributed by atoms with Gasteiger partial charge in [-0.15, -0.1) is 0 Å². The molecule has 0 atom stereocenters. The molecular formula is C32H39N3O5. The molecule has 0 unspecified atom stereocenters. The van der Waals surface area contributed by atoms with Gasteiger partial charge in [-0.05, 0) is 59.9 Å². The molecular weight excluding hydrogens is 506 g/mol. The van der Waals surface area contributed by atoms with E-state index >= 15 is 0 Å². The number of hydrogen-bond acceptors (Lipinski definition) is 4. The van der Waals surface area contributed by atoms with E-state index in [1.165, 1.54) is 19.3 Å². The molecule has 0 aliphatic rings. The zero-order chi connectivity index (χ0) is 28.9. The van der Waals surface area contributed by atoms with Gasteiger partial charge in [-0.2, -0.15) is 0 Å². The Balaban J connectivity index is 1.80. The number of amides is 3. The zero-order valence-corrected chi connectivity index (χ0v) is 23.3. The predicted molar refractivity (Wildman–Crippen MR) is 158 cm³/mol. The smallest absolute Gasteiger partial charge is 0.321 e. The second-order valence-corrected chi connectivity index (χ2v) is 9.83. The van der Waals surface area contributed by atoms with Gasteiger partial charge in [0.15, 0.2) is 0 Å². The van der Waals surface area contributed by atoms with E-state index in [-0.39, 0.29) is 19.1 Å². The van der Waals surface area contributed by atoms with E-state index < -0.39 is 11.9 Å². The van der Waals surface area contributed by atoms with Gasteiger partial charge in [-0.3, -0.25) is 14.5 Å². The number of nitrogens with zero attached hydrogens (tertiary/aromatic N) is 1. The molecule has 0 radical (unpaired) electrons. The quantitative estimate of drug-likeness (QED) is 0.197. The number of unbranched alkanes of at least 4 members (excludes halogenated alkanes) is 4. The van der Waals surface area contributed by atoms with Gasteiger partial charge in [-0.25, -0.2) is 4.79 Å². The lowest BCUT2D eigenvalue weighted by Gasteiger charge is -2.20. The van der Waals surface area contributed by atoms with E-state index in [1.54, 1.807) is 30.1 Å². The summed E-state index contributed by atoms with van der Waals surface area (Å²) in [5.41, 5.74) is 9.81. The van der Waals surface area contributed by atoms with Crippen LogP contribution < -0.4 is 20.7 Å². The molecule has 3 aromatic rings. The first-order valence-electron chi connectivity index (χ1n) is 13.8. The standard InChI is InChI=1S/C32H39N3O5/c1-3-4-5-6-7-18-34-32(39)35(2)27-13-9-11-25(21-27)28-16-14-23(15-17-30(36)37)20-29(28)40-22-24-10-8-12-26(19-24)31(33)38/h8-14,16,19-21H,3-7,15,17-18,22H2,1-2H3,(H2,33,38)(H,34,39)(H,36,37). The molecule has 0 saturated carbocycles. The van der Waals surface area contributed by atoms with Crippen molar-refractivity contribution < 1.29 is 24.2 Å². The summed E-state index contributed by atoms with van der Waals surface area (Å²) in [6.45, 7) is 3.01. The predicted octanol–water partition coefficient (Wildman–Crippen LogP) is 6.16.